The molecule has 0 aliphatic heterocycles. The van der Waals surface area contributed by atoms with Crippen molar-refractivity contribution in [2.24, 2.45) is 0 Å². The van der Waals surface area contributed by atoms with Gasteiger partial charge in [-0.25, -0.2) is 9.97 Å². The van der Waals surface area contributed by atoms with Gasteiger partial charge in [-0.3, -0.25) is 9.69 Å². The van der Waals surface area contributed by atoms with E-state index in [1.807, 2.05) is 0 Å². The molecule has 6 heteroatoms. The maximum absolute atomic E-state index is 11.2. The molecule has 15 heavy (non-hydrogen) atoms. The zero-order valence-electron chi connectivity index (χ0n) is 7.87. The largest absolute Gasteiger partial charge is 0.275 e. The third-order valence-corrected chi connectivity index (χ3v) is 1.91. The predicted octanol–water partition coefficient (Wildman–Crippen LogP) is 1.77. The Balaban J connectivity index is 3.11. The van der Waals surface area contributed by atoms with Crippen molar-refractivity contribution in [3.8, 4) is 12.3 Å². The van der Waals surface area contributed by atoms with Crippen LogP contribution in [-0.4, -0.2) is 22.4 Å². The van der Waals surface area contributed by atoms with E-state index in [-0.39, 0.29) is 28.7 Å². The second-order valence-electron chi connectivity index (χ2n) is 2.62. The van der Waals surface area contributed by atoms with Crippen molar-refractivity contribution in [2.45, 2.75) is 6.92 Å². The molecule has 0 aliphatic carbocycles. The monoisotopic (exact) mass is 243 g/mol. The molecular weight excluding hydrogens is 237 g/mol. The molecule has 0 unspecified atom stereocenters. The molecule has 1 rings (SSSR count). The van der Waals surface area contributed by atoms with Gasteiger partial charge in [-0.2, -0.15) is 0 Å². The van der Waals surface area contributed by atoms with E-state index in [4.69, 9.17) is 29.6 Å². The second kappa shape index (κ2) is 4.96. The van der Waals surface area contributed by atoms with Gasteiger partial charge in [-0.15, -0.1) is 6.42 Å². The lowest BCUT2D eigenvalue weighted by molar-refractivity contribution is -0.116. The van der Waals surface area contributed by atoms with Crippen LogP contribution in [0.5, 0.6) is 0 Å². The summed E-state index contributed by atoms with van der Waals surface area (Å²) in [6.45, 7) is 1.43. The van der Waals surface area contributed by atoms with Gasteiger partial charge in [0.1, 0.15) is 10.3 Å². The van der Waals surface area contributed by atoms with E-state index in [1.54, 1.807) is 0 Å². The Bertz CT molecular complexity index is 408. The molecule has 1 aromatic rings. The Hall–Kier alpha value is -1.31. The van der Waals surface area contributed by atoms with Crippen LogP contribution in [0.2, 0.25) is 10.3 Å². The van der Waals surface area contributed by atoms with Gasteiger partial charge in [0.2, 0.25) is 11.9 Å². The highest BCUT2D eigenvalue weighted by atomic mass is 35.5. The van der Waals surface area contributed by atoms with Gasteiger partial charge >= 0.3 is 0 Å². The van der Waals surface area contributed by atoms with Crippen molar-refractivity contribution in [2.75, 3.05) is 11.4 Å². The number of halogens is 2. The summed E-state index contributed by atoms with van der Waals surface area (Å²) in [4.78, 5) is 20.1. The lowest BCUT2D eigenvalue weighted by Crippen LogP contribution is -2.30. The topological polar surface area (TPSA) is 46.1 Å². The minimum absolute atomic E-state index is 0.0754. The van der Waals surface area contributed by atoms with E-state index in [0.29, 0.717) is 0 Å². The van der Waals surface area contributed by atoms with Gasteiger partial charge in [0.25, 0.3) is 0 Å². The SMILES string of the molecule is C#CCN(C(C)=O)c1nc(Cl)cc(Cl)n1. The highest BCUT2D eigenvalue weighted by Gasteiger charge is 2.14. The Morgan fingerprint density at radius 1 is 1.53 bits per heavy atom. The molecule has 78 valence electrons. The number of amides is 1. The lowest BCUT2D eigenvalue weighted by atomic mass is 10.5. The summed E-state index contributed by atoms with van der Waals surface area (Å²) in [5.41, 5.74) is 0. The molecule has 0 aromatic carbocycles. The first-order valence-corrected chi connectivity index (χ1v) is 4.72. The van der Waals surface area contributed by atoms with Gasteiger partial charge in [-0.1, -0.05) is 29.1 Å². The molecule has 0 bridgehead atoms. The number of terminal acetylenes is 1. The highest BCUT2D eigenvalue weighted by Crippen LogP contribution is 2.17. The van der Waals surface area contributed by atoms with Gasteiger partial charge in [0.05, 0.1) is 6.54 Å². The van der Waals surface area contributed by atoms with Crippen LogP contribution in [0.1, 0.15) is 6.92 Å². The normalized spacial score (nSPS) is 9.47. The van der Waals surface area contributed by atoms with E-state index in [9.17, 15) is 4.79 Å². The van der Waals surface area contributed by atoms with Crippen molar-refractivity contribution < 1.29 is 4.79 Å². The molecule has 1 aromatic heterocycles. The van der Waals surface area contributed by atoms with Crippen LogP contribution in [-0.2, 0) is 4.79 Å². The minimum atomic E-state index is -0.272. The van der Waals surface area contributed by atoms with Crippen LogP contribution >= 0.6 is 23.2 Å². The zero-order valence-corrected chi connectivity index (χ0v) is 9.38. The summed E-state index contributed by atoms with van der Waals surface area (Å²) in [6.07, 6.45) is 5.12. The van der Waals surface area contributed by atoms with E-state index in [1.165, 1.54) is 17.9 Å². The third-order valence-electron chi connectivity index (χ3n) is 1.52. The second-order valence-corrected chi connectivity index (χ2v) is 3.40. The van der Waals surface area contributed by atoms with E-state index >= 15 is 0 Å². The van der Waals surface area contributed by atoms with Crippen LogP contribution < -0.4 is 4.90 Å². The molecule has 0 aliphatic rings. The number of carbonyl (C=O) groups excluding carboxylic acids is 1. The number of anilines is 1. The molecule has 1 heterocycles. The van der Waals surface area contributed by atoms with Gasteiger partial charge in [0, 0.05) is 13.0 Å². The molecule has 0 saturated heterocycles. The third kappa shape index (κ3) is 3.08. The van der Waals surface area contributed by atoms with Crippen LogP contribution in [0.3, 0.4) is 0 Å². The van der Waals surface area contributed by atoms with E-state index < -0.39 is 0 Å². The molecule has 0 fully saturated rings. The summed E-state index contributed by atoms with van der Waals surface area (Å²) in [6, 6.07) is 1.38. The summed E-state index contributed by atoms with van der Waals surface area (Å²) in [5, 5.41) is 0.321. The van der Waals surface area contributed by atoms with Crippen molar-refractivity contribution in [1.29, 1.82) is 0 Å². The number of nitrogens with zero attached hydrogens (tertiary/aromatic N) is 3. The molecule has 0 radical (unpaired) electrons. The Morgan fingerprint density at radius 3 is 2.47 bits per heavy atom. The number of hydrogen-bond donors (Lipinski definition) is 0. The average Bonchev–Trinajstić information content (AvgIpc) is 2.11. The molecule has 0 saturated carbocycles. The lowest BCUT2D eigenvalue weighted by Gasteiger charge is -2.15. The zero-order chi connectivity index (χ0) is 11.4. The van der Waals surface area contributed by atoms with Crippen molar-refractivity contribution >= 4 is 35.1 Å². The fourth-order valence-electron chi connectivity index (χ4n) is 0.914. The number of hydrogen-bond acceptors (Lipinski definition) is 3. The van der Waals surface area contributed by atoms with Crippen LogP contribution in [0.4, 0.5) is 5.95 Å². The maximum atomic E-state index is 11.2. The Kier molecular flexibility index (Phi) is 3.89. The average molecular weight is 244 g/mol. The molecule has 0 N–H and O–H groups in total. The number of carbonyl (C=O) groups is 1. The Labute approximate surface area is 97.2 Å². The summed E-state index contributed by atoms with van der Waals surface area (Å²) < 4.78 is 0. The molecule has 4 nitrogen and oxygen atoms in total. The molecular formula is C9H7Cl2N3O. The van der Waals surface area contributed by atoms with Crippen LogP contribution in [0, 0.1) is 12.3 Å². The van der Waals surface area contributed by atoms with Crippen LogP contribution in [0.25, 0.3) is 0 Å². The highest BCUT2D eigenvalue weighted by molar-refractivity contribution is 6.33. The standard InChI is InChI=1S/C9H7Cl2N3O/c1-3-4-14(6(2)15)9-12-7(10)5-8(11)13-9/h1,5H,4H2,2H3. The molecule has 0 atom stereocenters. The maximum Gasteiger partial charge on any atom is 0.235 e. The quantitative estimate of drug-likeness (QED) is 0.588. The molecule has 1 amide bonds. The fourth-order valence-corrected chi connectivity index (χ4v) is 1.33. The first-order valence-electron chi connectivity index (χ1n) is 3.96. The van der Waals surface area contributed by atoms with Gasteiger partial charge < -0.3 is 0 Å². The minimum Gasteiger partial charge on any atom is -0.275 e. The summed E-state index contributed by atoms with van der Waals surface area (Å²) in [7, 11) is 0. The fraction of sp³-hybridized carbons (Fsp3) is 0.222. The van der Waals surface area contributed by atoms with Crippen LogP contribution in [0.15, 0.2) is 6.07 Å². The first kappa shape index (κ1) is 11.8. The smallest absolute Gasteiger partial charge is 0.235 e. The summed E-state index contributed by atoms with van der Waals surface area (Å²) >= 11 is 11.3. The van der Waals surface area contributed by atoms with E-state index in [0.717, 1.165) is 0 Å². The number of rotatable bonds is 2. The van der Waals surface area contributed by atoms with Crippen molar-refractivity contribution in [3.05, 3.63) is 16.4 Å². The Morgan fingerprint density at radius 2 is 2.07 bits per heavy atom. The van der Waals surface area contributed by atoms with Gasteiger partial charge in [0.15, 0.2) is 0 Å². The predicted molar refractivity (Wildman–Crippen MR) is 58.9 cm³/mol. The first-order chi connectivity index (χ1) is 7.04. The molecule has 0 spiro atoms. The number of aromatic nitrogens is 2. The van der Waals surface area contributed by atoms with Gasteiger partial charge in [-0.05, 0) is 0 Å². The van der Waals surface area contributed by atoms with Crippen molar-refractivity contribution in [1.82, 2.24) is 9.97 Å². The van der Waals surface area contributed by atoms with E-state index in [2.05, 4.69) is 15.9 Å². The van der Waals surface area contributed by atoms with Crippen molar-refractivity contribution in [3.63, 3.8) is 0 Å². The summed E-state index contributed by atoms with van der Waals surface area (Å²) in [5.74, 6) is 2.16.